The van der Waals surface area contributed by atoms with Gasteiger partial charge in [0.2, 0.25) is 0 Å². The molecule has 0 spiro atoms. The summed E-state index contributed by atoms with van der Waals surface area (Å²) in [4.78, 5) is 0. The van der Waals surface area contributed by atoms with Crippen molar-refractivity contribution in [1.29, 1.82) is 0 Å². The van der Waals surface area contributed by atoms with E-state index in [1.54, 1.807) is 0 Å². The van der Waals surface area contributed by atoms with E-state index in [9.17, 15) is 65.9 Å². The van der Waals surface area contributed by atoms with Gasteiger partial charge in [-0.15, -0.1) is 0 Å². The first kappa shape index (κ1) is 27.9. The van der Waals surface area contributed by atoms with Gasteiger partial charge in [-0.3, -0.25) is 0 Å². The van der Waals surface area contributed by atoms with Gasteiger partial charge >= 0.3 is 41.7 Å². The minimum atomic E-state index is -8.27. The molecule has 0 aromatic carbocycles. The van der Waals surface area contributed by atoms with Gasteiger partial charge in [0.25, 0.3) is 0 Å². The predicted octanol–water partition coefficient (Wildman–Crippen LogP) is 6.12. The Kier molecular flexibility index (Phi) is 7.27. The summed E-state index contributed by atoms with van der Waals surface area (Å²) in [5.41, 5.74) is 4.57. The topological polar surface area (TPSA) is 26.0 Å². The molecule has 176 valence electrons. The van der Waals surface area contributed by atoms with Crippen LogP contribution in [0, 0.1) is 5.92 Å². The molecular formula is C13H14F15N. The molecule has 0 aliphatic heterocycles. The lowest BCUT2D eigenvalue weighted by molar-refractivity contribution is -0.453. The van der Waals surface area contributed by atoms with E-state index in [0.717, 1.165) is 0 Å². The van der Waals surface area contributed by atoms with Crippen molar-refractivity contribution >= 4 is 0 Å². The van der Waals surface area contributed by atoms with Crippen LogP contribution in [0.25, 0.3) is 0 Å². The molecule has 0 aromatic heterocycles. The van der Waals surface area contributed by atoms with Gasteiger partial charge in [0.15, 0.2) is 0 Å². The molecule has 1 atom stereocenters. The average Bonchev–Trinajstić information content (AvgIpc) is 2.50. The molecule has 0 saturated carbocycles. The highest BCUT2D eigenvalue weighted by Crippen LogP contribution is 2.62. The maximum Gasteiger partial charge on any atom is 0.460 e. The molecule has 0 aliphatic carbocycles. The Morgan fingerprint density at radius 3 is 1.14 bits per heavy atom. The van der Waals surface area contributed by atoms with E-state index in [1.165, 1.54) is 13.8 Å². The van der Waals surface area contributed by atoms with Crippen LogP contribution in [0.4, 0.5) is 65.9 Å². The maximum atomic E-state index is 13.6. The van der Waals surface area contributed by atoms with Crippen molar-refractivity contribution in [2.24, 2.45) is 11.7 Å². The second-order valence-corrected chi connectivity index (χ2v) is 6.57. The van der Waals surface area contributed by atoms with E-state index in [4.69, 9.17) is 0 Å². The molecule has 0 radical (unpaired) electrons. The monoisotopic (exact) mass is 469 g/mol. The third kappa shape index (κ3) is 4.09. The normalized spacial score (nSPS) is 17.1. The molecule has 0 fully saturated rings. The second kappa shape index (κ2) is 7.55. The Morgan fingerprint density at radius 2 is 0.828 bits per heavy atom. The number of alkyl halides is 15. The largest absolute Gasteiger partial charge is 0.460 e. The molecule has 29 heavy (non-hydrogen) atoms. The fourth-order valence-corrected chi connectivity index (χ4v) is 1.91. The van der Waals surface area contributed by atoms with Crippen LogP contribution in [-0.4, -0.2) is 47.8 Å². The third-order valence-corrected chi connectivity index (χ3v) is 3.87. The standard InChI is InChI=1S/C13H14F15N/c1-5(2)3-4-6(29)7(14,15)8(16,17)9(18,19)10(20,21)11(22,23)12(24,25)13(26,27)28/h5-6H,3-4,29H2,1-2H3. The van der Waals surface area contributed by atoms with Crippen LogP contribution in [0.2, 0.25) is 0 Å². The van der Waals surface area contributed by atoms with Gasteiger partial charge in [-0.25, -0.2) is 0 Å². The van der Waals surface area contributed by atoms with E-state index in [2.05, 4.69) is 5.73 Å². The minimum absolute atomic E-state index is 0.461. The first-order valence-electron chi connectivity index (χ1n) is 7.43. The molecule has 0 bridgehead atoms. The lowest BCUT2D eigenvalue weighted by atomic mass is 9.87. The van der Waals surface area contributed by atoms with Crippen molar-refractivity contribution in [3.05, 3.63) is 0 Å². The molecule has 16 heteroatoms. The molecule has 0 rings (SSSR count). The summed E-state index contributed by atoms with van der Waals surface area (Å²) in [6.45, 7) is 2.62. The predicted molar refractivity (Wildman–Crippen MR) is 67.8 cm³/mol. The zero-order valence-corrected chi connectivity index (χ0v) is 14.3. The van der Waals surface area contributed by atoms with Crippen molar-refractivity contribution in [3.63, 3.8) is 0 Å². The Labute approximate surface area is 153 Å². The molecule has 0 aromatic rings. The lowest BCUT2D eigenvalue weighted by Crippen LogP contribution is -2.74. The molecule has 1 unspecified atom stereocenters. The van der Waals surface area contributed by atoms with Crippen molar-refractivity contribution in [2.45, 2.75) is 74.4 Å². The van der Waals surface area contributed by atoms with E-state index in [0.29, 0.717) is 0 Å². The molecular weight excluding hydrogens is 455 g/mol. The van der Waals surface area contributed by atoms with Crippen LogP contribution in [0.15, 0.2) is 0 Å². The summed E-state index contributed by atoms with van der Waals surface area (Å²) in [6.07, 6.45) is -9.30. The summed E-state index contributed by atoms with van der Waals surface area (Å²) in [6, 6.07) is -3.35. The van der Waals surface area contributed by atoms with Gasteiger partial charge in [0.1, 0.15) is 0 Å². The van der Waals surface area contributed by atoms with Crippen molar-refractivity contribution in [3.8, 4) is 0 Å². The van der Waals surface area contributed by atoms with Crippen LogP contribution in [0.1, 0.15) is 26.7 Å². The highest BCUT2D eigenvalue weighted by Gasteiger charge is 2.93. The number of hydrogen-bond acceptors (Lipinski definition) is 1. The van der Waals surface area contributed by atoms with Crippen LogP contribution < -0.4 is 5.73 Å². The fraction of sp³-hybridized carbons (Fsp3) is 1.00. The Hall–Kier alpha value is -1.09. The van der Waals surface area contributed by atoms with Crippen LogP contribution in [0.5, 0.6) is 0 Å². The van der Waals surface area contributed by atoms with E-state index in [-0.39, 0.29) is 0 Å². The van der Waals surface area contributed by atoms with Gasteiger partial charge in [-0.1, -0.05) is 13.8 Å². The van der Waals surface area contributed by atoms with Gasteiger partial charge in [0, 0.05) is 0 Å². The van der Waals surface area contributed by atoms with E-state index < -0.39 is 66.5 Å². The number of rotatable bonds is 9. The van der Waals surface area contributed by atoms with E-state index in [1.807, 2.05) is 0 Å². The molecule has 1 nitrogen and oxygen atoms in total. The van der Waals surface area contributed by atoms with Crippen molar-refractivity contribution in [2.75, 3.05) is 0 Å². The minimum Gasteiger partial charge on any atom is -0.322 e. The Balaban J connectivity index is 6.35. The average molecular weight is 469 g/mol. The van der Waals surface area contributed by atoms with Crippen LogP contribution >= 0.6 is 0 Å². The smallest absolute Gasteiger partial charge is 0.322 e. The summed E-state index contributed by atoms with van der Waals surface area (Å²) >= 11 is 0. The van der Waals surface area contributed by atoms with Gasteiger partial charge < -0.3 is 5.73 Å². The summed E-state index contributed by atoms with van der Waals surface area (Å²) in [5.74, 6) is -47.0. The number of hydrogen-bond donors (Lipinski definition) is 1. The van der Waals surface area contributed by atoms with Gasteiger partial charge in [-0.05, 0) is 18.8 Å². The second-order valence-electron chi connectivity index (χ2n) is 6.57. The maximum absolute atomic E-state index is 13.6. The Bertz CT molecular complexity index is 563. The van der Waals surface area contributed by atoms with Crippen LogP contribution in [-0.2, 0) is 0 Å². The highest BCUT2D eigenvalue weighted by molar-refractivity contribution is 5.14. The SMILES string of the molecule is CC(C)CCC(N)C(F)(F)C(F)(F)C(F)(F)C(F)(F)C(F)(F)C(F)(F)C(F)(F)F. The molecule has 0 heterocycles. The molecule has 0 saturated heterocycles. The summed E-state index contributed by atoms with van der Waals surface area (Å²) in [7, 11) is 0. The van der Waals surface area contributed by atoms with Crippen molar-refractivity contribution < 1.29 is 65.9 Å². The molecule has 0 aliphatic rings. The quantitative estimate of drug-likeness (QED) is 0.405. The van der Waals surface area contributed by atoms with Crippen molar-refractivity contribution in [1.82, 2.24) is 0 Å². The summed E-state index contributed by atoms with van der Waals surface area (Å²) < 4.78 is 195. The van der Waals surface area contributed by atoms with Gasteiger partial charge in [0.05, 0.1) is 6.04 Å². The van der Waals surface area contributed by atoms with E-state index >= 15 is 0 Å². The number of halogens is 15. The third-order valence-electron chi connectivity index (χ3n) is 3.87. The lowest BCUT2D eigenvalue weighted by Gasteiger charge is -2.42. The van der Waals surface area contributed by atoms with Gasteiger partial charge in [-0.2, -0.15) is 65.9 Å². The Morgan fingerprint density at radius 1 is 0.517 bits per heavy atom. The number of nitrogens with two attached hydrogens (primary N) is 1. The zero-order chi connectivity index (χ0) is 24.1. The molecule has 0 amide bonds. The first-order chi connectivity index (χ1) is 12.3. The highest BCUT2D eigenvalue weighted by atomic mass is 19.4. The zero-order valence-electron chi connectivity index (χ0n) is 14.3. The van der Waals surface area contributed by atoms with Crippen LogP contribution in [0.3, 0.4) is 0 Å². The molecule has 2 N–H and O–H groups in total. The fourth-order valence-electron chi connectivity index (χ4n) is 1.91. The summed E-state index contributed by atoms with van der Waals surface area (Å²) in [5, 5.41) is 0. The first-order valence-corrected chi connectivity index (χ1v) is 7.43.